The van der Waals surface area contributed by atoms with Gasteiger partial charge in [0.1, 0.15) is 11.6 Å². The average molecular weight is 434 g/mol. The van der Waals surface area contributed by atoms with Crippen LogP contribution >= 0.6 is 0 Å². The molecule has 164 valence electrons. The van der Waals surface area contributed by atoms with Crippen LogP contribution in [0.25, 0.3) is 0 Å². The van der Waals surface area contributed by atoms with E-state index in [0.29, 0.717) is 13.0 Å². The van der Waals surface area contributed by atoms with Gasteiger partial charge in [-0.2, -0.15) is 10.2 Å². The van der Waals surface area contributed by atoms with Gasteiger partial charge in [0.15, 0.2) is 0 Å². The molecule has 4 nitrogen and oxygen atoms in total. The largest absolute Gasteiger partial charge is 0.353 e. The minimum Gasteiger partial charge on any atom is -0.353 e. The van der Waals surface area contributed by atoms with E-state index >= 15 is 0 Å². The van der Waals surface area contributed by atoms with Gasteiger partial charge in [-0.3, -0.25) is 4.79 Å². The van der Waals surface area contributed by atoms with Crippen molar-refractivity contribution in [2.24, 2.45) is 5.92 Å². The molecule has 1 amide bonds. The van der Waals surface area contributed by atoms with Gasteiger partial charge in [-0.25, -0.2) is 8.78 Å². The van der Waals surface area contributed by atoms with Crippen molar-refractivity contribution in [1.82, 2.24) is 15.5 Å². The summed E-state index contributed by atoms with van der Waals surface area (Å²) >= 11 is 0. The number of carbonyl (C=O) groups is 1. The number of benzene rings is 2. The van der Waals surface area contributed by atoms with Crippen molar-refractivity contribution in [2.75, 3.05) is 6.54 Å². The number of nitrogens with zero attached hydrogens (tertiary/aromatic N) is 2. The average Bonchev–Trinajstić information content (AvgIpc) is 3.54. The Hall–Kier alpha value is -3.41. The molecule has 1 fully saturated rings. The van der Waals surface area contributed by atoms with E-state index in [1.165, 1.54) is 30.3 Å². The number of unbranched alkanes of at least 4 members (excludes halogenated alkanes) is 1. The van der Waals surface area contributed by atoms with Gasteiger partial charge in [0.2, 0.25) is 5.91 Å². The van der Waals surface area contributed by atoms with Crippen LogP contribution in [0.15, 0.2) is 79.0 Å². The first kappa shape index (κ1) is 21.8. The standard InChI is InChI=1S/C26H25F2N3O/c27-22-8-3-6-19(16-22)26(20-7-4-9-23(28)17-20)18-21(26)12-13-25(32)29-14-2-1-10-24-11-5-15-30-31-24/h3-9,11-13,15-17,21H,1-2,10,14,18H2,(H,29,32)/t21-/m1/s1. The van der Waals surface area contributed by atoms with Gasteiger partial charge in [0.05, 0.1) is 5.69 Å². The molecule has 4 rings (SSSR count). The van der Waals surface area contributed by atoms with Gasteiger partial charge in [0, 0.05) is 18.2 Å². The highest BCUT2D eigenvalue weighted by Gasteiger charge is 2.55. The summed E-state index contributed by atoms with van der Waals surface area (Å²) in [6, 6.07) is 16.6. The summed E-state index contributed by atoms with van der Waals surface area (Å²) in [4.78, 5) is 12.3. The lowest BCUT2D eigenvalue weighted by atomic mass is 9.85. The Labute approximate surface area is 186 Å². The Morgan fingerprint density at radius 2 is 1.75 bits per heavy atom. The van der Waals surface area contributed by atoms with Crippen LogP contribution < -0.4 is 5.32 Å². The third kappa shape index (κ3) is 5.07. The van der Waals surface area contributed by atoms with Crippen LogP contribution in [0.1, 0.15) is 36.1 Å². The van der Waals surface area contributed by atoms with Gasteiger partial charge < -0.3 is 5.32 Å². The van der Waals surface area contributed by atoms with Gasteiger partial charge in [-0.1, -0.05) is 30.3 Å². The summed E-state index contributed by atoms with van der Waals surface area (Å²) in [6.45, 7) is 0.576. The van der Waals surface area contributed by atoms with Crippen LogP contribution in [-0.4, -0.2) is 22.6 Å². The molecular weight excluding hydrogens is 408 g/mol. The van der Waals surface area contributed by atoms with E-state index < -0.39 is 5.41 Å². The Kier molecular flexibility index (Phi) is 6.69. The third-order valence-corrected chi connectivity index (χ3v) is 5.96. The van der Waals surface area contributed by atoms with E-state index in [0.717, 1.165) is 36.1 Å². The first-order valence-corrected chi connectivity index (χ1v) is 10.8. The molecule has 0 spiro atoms. The fraction of sp³-hybridized carbons (Fsp3) is 0.269. The highest BCUT2D eigenvalue weighted by atomic mass is 19.1. The molecular formula is C26H25F2N3O. The van der Waals surface area contributed by atoms with E-state index in [1.54, 1.807) is 18.3 Å². The van der Waals surface area contributed by atoms with Gasteiger partial charge in [-0.15, -0.1) is 0 Å². The molecule has 32 heavy (non-hydrogen) atoms. The lowest BCUT2D eigenvalue weighted by Gasteiger charge is -2.18. The fourth-order valence-corrected chi connectivity index (χ4v) is 4.25. The molecule has 1 heterocycles. The molecule has 3 aromatic rings. The molecule has 0 radical (unpaired) electrons. The molecule has 1 aromatic heterocycles. The lowest BCUT2D eigenvalue weighted by molar-refractivity contribution is -0.116. The van der Waals surface area contributed by atoms with Gasteiger partial charge in [-0.05, 0) is 85.2 Å². The van der Waals surface area contributed by atoms with Crippen LogP contribution in [0.2, 0.25) is 0 Å². The molecule has 1 N–H and O–H groups in total. The summed E-state index contributed by atoms with van der Waals surface area (Å²) in [7, 11) is 0. The number of allylic oxidation sites excluding steroid dienone is 1. The van der Waals surface area contributed by atoms with Crippen molar-refractivity contribution in [2.45, 2.75) is 31.1 Å². The predicted molar refractivity (Wildman–Crippen MR) is 119 cm³/mol. The third-order valence-electron chi connectivity index (χ3n) is 5.96. The molecule has 0 saturated heterocycles. The summed E-state index contributed by atoms with van der Waals surface area (Å²) in [5.74, 6) is -0.823. The smallest absolute Gasteiger partial charge is 0.243 e. The topological polar surface area (TPSA) is 54.9 Å². The number of rotatable bonds is 9. The molecule has 0 bridgehead atoms. The minimum atomic E-state index is -0.516. The number of halogens is 2. The Morgan fingerprint density at radius 3 is 2.38 bits per heavy atom. The first-order chi connectivity index (χ1) is 15.6. The maximum Gasteiger partial charge on any atom is 0.243 e. The Balaban J connectivity index is 1.35. The fourth-order valence-electron chi connectivity index (χ4n) is 4.25. The summed E-state index contributed by atoms with van der Waals surface area (Å²) < 4.78 is 27.8. The second-order valence-corrected chi connectivity index (χ2v) is 8.12. The number of nitrogens with one attached hydrogen (secondary N) is 1. The number of aryl methyl sites for hydroxylation is 1. The van der Waals surface area contributed by atoms with Crippen molar-refractivity contribution >= 4 is 5.91 Å². The van der Waals surface area contributed by atoms with Gasteiger partial charge in [0.25, 0.3) is 0 Å². The summed E-state index contributed by atoms with van der Waals surface area (Å²) in [5.41, 5.74) is 2.01. The van der Waals surface area contributed by atoms with Crippen LogP contribution in [0.5, 0.6) is 0 Å². The number of aromatic nitrogens is 2. The molecule has 1 atom stereocenters. The van der Waals surface area contributed by atoms with E-state index in [9.17, 15) is 13.6 Å². The molecule has 6 heteroatoms. The molecule has 1 aliphatic rings. The number of hydrogen-bond acceptors (Lipinski definition) is 3. The highest BCUT2D eigenvalue weighted by molar-refractivity contribution is 5.87. The van der Waals surface area contributed by atoms with Crippen molar-refractivity contribution in [3.05, 3.63) is 107 Å². The van der Waals surface area contributed by atoms with E-state index in [4.69, 9.17) is 0 Å². The normalized spacial score (nSPS) is 16.8. The SMILES string of the molecule is O=C(C=C[C@@H]1CC1(c1cccc(F)c1)c1cccc(F)c1)NCCCCc1cccnn1. The lowest BCUT2D eigenvalue weighted by Crippen LogP contribution is -2.22. The van der Waals surface area contributed by atoms with Crippen LogP contribution in [-0.2, 0) is 16.6 Å². The molecule has 1 saturated carbocycles. The second kappa shape index (κ2) is 9.81. The van der Waals surface area contributed by atoms with Crippen molar-refractivity contribution in [3.63, 3.8) is 0 Å². The van der Waals surface area contributed by atoms with Crippen LogP contribution in [0.3, 0.4) is 0 Å². The maximum absolute atomic E-state index is 13.9. The Morgan fingerprint density at radius 1 is 1.03 bits per heavy atom. The highest BCUT2D eigenvalue weighted by Crippen LogP contribution is 2.59. The zero-order chi connectivity index (χ0) is 22.4. The minimum absolute atomic E-state index is 0.00601. The summed E-state index contributed by atoms with van der Waals surface area (Å²) in [5, 5.41) is 10.8. The van der Waals surface area contributed by atoms with Crippen LogP contribution in [0.4, 0.5) is 8.78 Å². The zero-order valence-electron chi connectivity index (χ0n) is 17.7. The van der Waals surface area contributed by atoms with Crippen molar-refractivity contribution in [3.8, 4) is 0 Å². The molecule has 0 aliphatic heterocycles. The quantitative estimate of drug-likeness (QED) is 0.391. The Bertz CT molecular complexity index is 1060. The zero-order valence-corrected chi connectivity index (χ0v) is 17.7. The number of amides is 1. The van der Waals surface area contributed by atoms with E-state index in [-0.39, 0.29) is 23.5 Å². The number of hydrogen-bond donors (Lipinski definition) is 1. The molecule has 2 aromatic carbocycles. The second-order valence-electron chi connectivity index (χ2n) is 8.12. The van der Waals surface area contributed by atoms with E-state index in [1.807, 2.05) is 30.3 Å². The van der Waals surface area contributed by atoms with Crippen molar-refractivity contribution in [1.29, 1.82) is 0 Å². The van der Waals surface area contributed by atoms with Crippen LogP contribution in [0, 0.1) is 17.6 Å². The van der Waals surface area contributed by atoms with E-state index in [2.05, 4.69) is 15.5 Å². The summed E-state index contributed by atoms with van der Waals surface area (Å²) in [6.07, 6.45) is 8.31. The first-order valence-electron chi connectivity index (χ1n) is 10.8. The molecule has 1 aliphatic carbocycles. The molecule has 0 unspecified atom stereocenters. The van der Waals surface area contributed by atoms with Gasteiger partial charge >= 0.3 is 0 Å². The monoisotopic (exact) mass is 433 g/mol. The van der Waals surface area contributed by atoms with Crippen molar-refractivity contribution < 1.29 is 13.6 Å². The maximum atomic E-state index is 13.9. The predicted octanol–water partition coefficient (Wildman–Crippen LogP) is 4.76. The number of carbonyl (C=O) groups excluding carboxylic acids is 1.